The Bertz CT molecular complexity index is 922. The number of carbonyl (C=O) groups excluding carboxylic acids is 1. The number of nitrogens with zero attached hydrogens (tertiary/aromatic N) is 1. The van der Waals surface area contributed by atoms with Crippen LogP contribution in [0, 0.1) is 0 Å². The van der Waals surface area contributed by atoms with Crippen LogP contribution < -0.4 is 15.8 Å². The Morgan fingerprint density at radius 2 is 1.88 bits per heavy atom. The van der Waals surface area contributed by atoms with Gasteiger partial charge in [0.25, 0.3) is 0 Å². The normalized spacial score (nSPS) is 11.0. The maximum absolute atomic E-state index is 12.1. The van der Waals surface area contributed by atoms with Crippen molar-refractivity contribution in [2.75, 3.05) is 5.32 Å². The Labute approximate surface area is 145 Å². The summed E-state index contributed by atoms with van der Waals surface area (Å²) in [5, 5.41) is 2.81. The smallest absolute Gasteiger partial charge is 0.419 e. The molecule has 2 aromatic carbocycles. The minimum absolute atomic E-state index is 0.100. The Hall–Kier alpha value is -3.02. The van der Waals surface area contributed by atoms with Crippen LogP contribution in [0.2, 0.25) is 0 Å². The zero-order valence-electron chi connectivity index (χ0n) is 14.2. The summed E-state index contributed by atoms with van der Waals surface area (Å²) >= 11 is 0. The second-order valence-electron chi connectivity index (χ2n) is 5.98. The topological polar surface area (TPSA) is 73.5 Å². The fourth-order valence-electron chi connectivity index (χ4n) is 2.55. The molecule has 3 aromatic rings. The lowest BCUT2D eigenvalue weighted by molar-refractivity contribution is -0.116. The molecule has 1 amide bonds. The monoisotopic (exact) mass is 340 g/mol. The average Bonchev–Trinajstić information content (AvgIpc) is 2.89. The zero-order chi connectivity index (χ0) is 17.8. The minimum Gasteiger partial charge on any atom is -0.491 e. The lowest BCUT2D eigenvalue weighted by Crippen LogP contribution is -2.19. The average molecular weight is 340 g/mol. The Morgan fingerprint density at radius 1 is 1.16 bits per heavy atom. The van der Waals surface area contributed by atoms with Crippen molar-refractivity contribution in [3.05, 3.63) is 59.1 Å². The number of nitrogens with one attached hydrogen (secondary N) is 1. The second kappa shape index (κ2) is 7.25. The van der Waals surface area contributed by atoms with E-state index in [1.54, 1.807) is 30.3 Å². The van der Waals surface area contributed by atoms with Gasteiger partial charge in [0.05, 0.1) is 11.6 Å². The highest BCUT2D eigenvalue weighted by Crippen LogP contribution is 2.17. The number of anilines is 1. The SMILES string of the molecule is CC(C)Oc1ccc(NC(=O)CCn2c(=O)oc3ccccc32)cc1. The molecule has 0 radical (unpaired) electrons. The number of oxazole rings is 1. The highest BCUT2D eigenvalue weighted by molar-refractivity contribution is 5.90. The lowest BCUT2D eigenvalue weighted by atomic mass is 10.2. The van der Waals surface area contributed by atoms with Crippen LogP contribution in [0.25, 0.3) is 11.1 Å². The van der Waals surface area contributed by atoms with Crippen molar-refractivity contribution in [3.8, 4) is 5.75 Å². The van der Waals surface area contributed by atoms with Crippen molar-refractivity contribution >= 4 is 22.7 Å². The third-order valence-electron chi connectivity index (χ3n) is 3.65. The van der Waals surface area contributed by atoms with Gasteiger partial charge < -0.3 is 14.5 Å². The third kappa shape index (κ3) is 4.09. The van der Waals surface area contributed by atoms with Gasteiger partial charge >= 0.3 is 5.76 Å². The molecule has 0 aliphatic heterocycles. The van der Waals surface area contributed by atoms with Gasteiger partial charge in [-0.25, -0.2) is 4.79 Å². The molecule has 130 valence electrons. The van der Waals surface area contributed by atoms with Gasteiger partial charge in [-0.2, -0.15) is 0 Å². The molecule has 6 heteroatoms. The van der Waals surface area contributed by atoms with Crippen molar-refractivity contribution in [2.24, 2.45) is 0 Å². The van der Waals surface area contributed by atoms with E-state index in [-0.39, 0.29) is 25.0 Å². The number of para-hydroxylation sites is 2. The van der Waals surface area contributed by atoms with E-state index in [2.05, 4.69) is 5.32 Å². The summed E-state index contributed by atoms with van der Waals surface area (Å²) in [4.78, 5) is 24.0. The molecule has 0 saturated carbocycles. The first-order chi connectivity index (χ1) is 12.0. The Kier molecular flexibility index (Phi) is 4.88. The summed E-state index contributed by atoms with van der Waals surface area (Å²) in [6, 6.07) is 14.3. The molecule has 0 bridgehead atoms. The van der Waals surface area contributed by atoms with E-state index in [9.17, 15) is 9.59 Å². The zero-order valence-corrected chi connectivity index (χ0v) is 14.2. The molecule has 6 nitrogen and oxygen atoms in total. The standard InChI is InChI=1S/C19H20N2O4/c1-13(2)24-15-9-7-14(8-10-15)20-18(22)11-12-21-16-5-3-4-6-17(16)25-19(21)23/h3-10,13H,11-12H2,1-2H3,(H,20,22). The van der Waals surface area contributed by atoms with Gasteiger partial charge in [-0.1, -0.05) is 12.1 Å². The first-order valence-corrected chi connectivity index (χ1v) is 8.18. The maximum atomic E-state index is 12.1. The molecule has 1 heterocycles. The molecule has 0 fully saturated rings. The van der Waals surface area contributed by atoms with Crippen LogP contribution in [0.4, 0.5) is 5.69 Å². The van der Waals surface area contributed by atoms with Crippen molar-refractivity contribution in [2.45, 2.75) is 32.9 Å². The molecule has 0 unspecified atom stereocenters. The quantitative estimate of drug-likeness (QED) is 0.746. The summed E-state index contributed by atoms with van der Waals surface area (Å²) in [7, 11) is 0. The number of carbonyl (C=O) groups is 1. The van der Waals surface area contributed by atoms with Crippen LogP contribution in [0.3, 0.4) is 0 Å². The van der Waals surface area contributed by atoms with E-state index in [0.717, 1.165) is 5.75 Å². The molecule has 0 aliphatic rings. The van der Waals surface area contributed by atoms with Gasteiger partial charge in [-0.15, -0.1) is 0 Å². The van der Waals surface area contributed by atoms with Crippen molar-refractivity contribution in [1.82, 2.24) is 4.57 Å². The summed E-state index contributed by atoms with van der Waals surface area (Å²) < 4.78 is 12.2. The molecule has 0 saturated heterocycles. The predicted molar refractivity (Wildman–Crippen MR) is 95.9 cm³/mol. The van der Waals surface area contributed by atoms with Crippen molar-refractivity contribution in [3.63, 3.8) is 0 Å². The first kappa shape index (κ1) is 16.8. The highest BCUT2D eigenvalue weighted by atomic mass is 16.5. The predicted octanol–water partition coefficient (Wildman–Crippen LogP) is 3.41. The summed E-state index contributed by atoms with van der Waals surface area (Å²) in [5.74, 6) is 0.128. The first-order valence-electron chi connectivity index (χ1n) is 8.18. The largest absolute Gasteiger partial charge is 0.491 e. The minimum atomic E-state index is -0.454. The number of benzene rings is 2. The van der Waals surface area contributed by atoms with Crippen LogP contribution in [0.15, 0.2) is 57.7 Å². The van der Waals surface area contributed by atoms with Crippen LogP contribution in [0.1, 0.15) is 20.3 Å². The molecule has 25 heavy (non-hydrogen) atoms. The number of ether oxygens (including phenoxy) is 1. The molecular weight excluding hydrogens is 320 g/mol. The van der Waals surface area contributed by atoms with Gasteiger partial charge in [-0.05, 0) is 50.2 Å². The van der Waals surface area contributed by atoms with E-state index >= 15 is 0 Å². The number of hydrogen-bond donors (Lipinski definition) is 1. The van der Waals surface area contributed by atoms with Crippen molar-refractivity contribution in [1.29, 1.82) is 0 Å². The van der Waals surface area contributed by atoms with Gasteiger partial charge in [-0.3, -0.25) is 9.36 Å². The number of rotatable bonds is 6. The molecule has 0 spiro atoms. The second-order valence-corrected chi connectivity index (χ2v) is 5.98. The number of aromatic nitrogens is 1. The third-order valence-corrected chi connectivity index (χ3v) is 3.65. The van der Waals surface area contributed by atoms with E-state index in [4.69, 9.17) is 9.15 Å². The molecule has 0 aliphatic carbocycles. The van der Waals surface area contributed by atoms with Crippen LogP contribution >= 0.6 is 0 Å². The van der Waals surface area contributed by atoms with Gasteiger partial charge in [0, 0.05) is 18.7 Å². The van der Waals surface area contributed by atoms with Gasteiger partial charge in [0.1, 0.15) is 5.75 Å². The van der Waals surface area contributed by atoms with Crippen LogP contribution in [-0.2, 0) is 11.3 Å². The number of aryl methyl sites for hydroxylation is 1. The van der Waals surface area contributed by atoms with Crippen LogP contribution in [-0.4, -0.2) is 16.6 Å². The number of fused-ring (bicyclic) bond motifs is 1. The van der Waals surface area contributed by atoms with Gasteiger partial charge in [0.2, 0.25) is 5.91 Å². The van der Waals surface area contributed by atoms with E-state index in [1.807, 2.05) is 32.0 Å². The van der Waals surface area contributed by atoms with Gasteiger partial charge in [0.15, 0.2) is 5.58 Å². The lowest BCUT2D eigenvalue weighted by Gasteiger charge is -2.10. The summed E-state index contributed by atoms with van der Waals surface area (Å²) in [5.41, 5.74) is 1.90. The Morgan fingerprint density at radius 3 is 2.60 bits per heavy atom. The summed E-state index contributed by atoms with van der Waals surface area (Å²) in [6.45, 7) is 4.17. The fourth-order valence-corrected chi connectivity index (χ4v) is 2.55. The Balaban J connectivity index is 1.61. The van der Waals surface area contributed by atoms with Crippen LogP contribution in [0.5, 0.6) is 5.75 Å². The summed E-state index contributed by atoms with van der Waals surface area (Å²) in [6.07, 6.45) is 0.275. The highest BCUT2D eigenvalue weighted by Gasteiger charge is 2.10. The van der Waals surface area contributed by atoms with E-state index in [0.29, 0.717) is 16.8 Å². The molecule has 3 rings (SSSR count). The fraction of sp³-hybridized carbons (Fsp3) is 0.263. The van der Waals surface area contributed by atoms with E-state index < -0.39 is 5.76 Å². The molecule has 1 aromatic heterocycles. The molecule has 0 atom stereocenters. The molecular formula is C19H20N2O4. The number of amides is 1. The van der Waals surface area contributed by atoms with E-state index in [1.165, 1.54) is 4.57 Å². The molecule has 1 N–H and O–H groups in total. The number of hydrogen-bond acceptors (Lipinski definition) is 4. The van der Waals surface area contributed by atoms with Crippen molar-refractivity contribution < 1.29 is 13.9 Å². The maximum Gasteiger partial charge on any atom is 0.419 e.